The minimum atomic E-state index is 0.181. The van der Waals surface area contributed by atoms with E-state index in [-0.39, 0.29) is 5.91 Å². The van der Waals surface area contributed by atoms with Gasteiger partial charge in [-0.25, -0.2) is 0 Å². The molecule has 1 atom stereocenters. The molecule has 1 amide bonds. The zero-order chi connectivity index (χ0) is 11.2. The van der Waals surface area contributed by atoms with Gasteiger partial charge in [-0.05, 0) is 43.3 Å². The molecule has 1 saturated heterocycles. The Bertz CT molecular complexity index is 318. The molecule has 1 aliphatic heterocycles. The summed E-state index contributed by atoms with van der Waals surface area (Å²) in [6.07, 6.45) is 2.90. The maximum Gasteiger partial charge on any atom is 0.220 e. The number of nitrogens with one attached hydrogen (secondary N) is 2. The van der Waals surface area contributed by atoms with Gasteiger partial charge in [0.1, 0.15) is 0 Å². The van der Waals surface area contributed by atoms with Crippen LogP contribution >= 0.6 is 11.3 Å². The Labute approximate surface area is 100 Å². The molecule has 0 spiro atoms. The minimum Gasteiger partial charge on any atom is -0.351 e. The van der Waals surface area contributed by atoms with Gasteiger partial charge in [0.2, 0.25) is 5.91 Å². The van der Waals surface area contributed by atoms with Crippen LogP contribution in [0.15, 0.2) is 17.5 Å². The highest BCUT2D eigenvalue weighted by atomic mass is 32.1. The van der Waals surface area contributed by atoms with Gasteiger partial charge in [0, 0.05) is 11.3 Å². The third-order valence-corrected chi connectivity index (χ3v) is 3.86. The van der Waals surface area contributed by atoms with Gasteiger partial charge in [0.25, 0.3) is 0 Å². The maximum atomic E-state index is 11.6. The second kappa shape index (κ2) is 6.01. The Morgan fingerprint density at radius 2 is 2.56 bits per heavy atom. The number of carbonyl (C=O) groups is 1. The van der Waals surface area contributed by atoms with E-state index in [0.717, 1.165) is 19.5 Å². The van der Waals surface area contributed by atoms with E-state index in [0.29, 0.717) is 18.9 Å². The number of amides is 1. The van der Waals surface area contributed by atoms with Gasteiger partial charge in [0.15, 0.2) is 0 Å². The molecule has 4 heteroatoms. The summed E-state index contributed by atoms with van der Waals surface area (Å²) < 4.78 is 0. The van der Waals surface area contributed by atoms with Crippen molar-refractivity contribution in [3.05, 3.63) is 22.4 Å². The Hall–Kier alpha value is -0.870. The Morgan fingerprint density at radius 1 is 1.62 bits per heavy atom. The number of rotatable bonds is 5. The maximum absolute atomic E-state index is 11.6. The Morgan fingerprint density at radius 3 is 3.25 bits per heavy atom. The molecule has 3 nitrogen and oxygen atoms in total. The fraction of sp³-hybridized carbons (Fsp3) is 0.583. The zero-order valence-corrected chi connectivity index (χ0v) is 10.2. The van der Waals surface area contributed by atoms with Gasteiger partial charge in [-0.3, -0.25) is 4.79 Å². The quantitative estimate of drug-likeness (QED) is 0.820. The first kappa shape index (κ1) is 11.6. The molecule has 1 aliphatic rings. The lowest BCUT2D eigenvalue weighted by atomic mass is 10.0. The van der Waals surface area contributed by atoms with Gasteiger partial charge in [-0.1, -0.05) is 6.07 Å². The third-order valence-electron chi connectivity index (χ3n) is 2.98. The van der Waals surface area contributed by atoms with E-state index in [9.17, 15) is 4.79 Å². The van der Waals surface area contributed by atoms with Crippen molar-refractivity contribution in [1.82, 2.24) is 10.6 Å². The van der Waals surface area contributed by atoms with Gasteiger partial charge < -0.3 is 10.6 Å². The topological polar surface area (TPSA) is 41.1 Å². The van der Waals surface area contributed by atoms with Crippen LogP contribution in [-0.4, -0.2) is 19.0 Å². The van der Waals surface area contributed by atoms with Gasteiger partial charge >= 0.3 is 0 Å². The van der Waals surface area contributed by atoms with Crippen LogP contribution in [0.5, 0.6) is 0 Å². The number of carbonyl (C=O) groups excluding carboxylic acids is 1. The van der Waals surface area contributed by atoms with E-state index in [4.69, 9.17) is 0 Å². The largest absolute Gasteiger partial charge is 0.351 e. The third kappa shape index (κ3) is 3.61. The van der Waals surface area contributed by atoms with Crippen LogP contribution < -0.4 is 10.6 Å². The average Bonchev–Trinajstić information content (AvgIpc) is 2.96. The van der Waals surface area contributed by atoms with Crippen molar-refractivity contribution in [1.29, 1.82) is 0 Å². The van der Waals surface area contributed by atoms with Crippen LogP contribution in [0.3, 0.4) is 0 Å². The summed E-state index contributed by atoms with van der Waals surface area (Å²) in [5, 5.41) is 8.31. The second-order valence-corrected chi connectivity index (χ2v) is 5.29. The highest BCUT2D eigenvalue weighted by molar-refractivity contribution is 7.09. The summed E-state index contributed by atoms with van der Waals surface area (Å²) in [6, 6.07) is 4.06. The number of hydrogen-bond donors (Lipinski definition) is 2. The second-order valence-electron chi connectivity index (χ2n) is 4.25. The van der Waals surface area contributed by atoms with Crippen molar-refractivity contribution in [3.63, 3.8) is 0 Å². The van der Waals surface area contributed by atoms with Crippen LogP contribution in [0.2, 0.25) is 0 Å². The monoisotopic (exact) mass is 238 g/mol. The van der Waals surface area contributed by atoms with Crippen LogP contribution in [-0.2, 0) is 11.3 Å². The number of hydrogen-bond acceptors (Lipinski definition) is 3. The van der Waals surface area contributed by atoms with Crippen LogP contribution in [0, 0.1) is 5.92 Å². The van der Waals surface area contributed by atoms with Crippen molar-refractivity contribution < 1.29 is 4.79 Å². The molecule has 0 bridgehead atoms. The summed E-state index contributed by atoms with van der Waals surface area (Å²) in [7, 11) is 0. The molecule has 1 aromatic heterocycles. The van der Waals surface area contributed by atoms with E-state index >= 15 is 0 Å². The molecule has 2 rings (SSSR count). The van der Waals surface area contributed by atoms with Crippen molar-refractivity contribution in [2.45, 2.75) is 25.8 Å². The highest BCUT2D eigenvalue weighted by Crippen LogP contribution is 2.14. The molecule has 2 N–H and O–H groups in total. The SMILES string of the molecule is O=C(CCC1CCNC1)NCc1cccs1. The lowest BCUT2D eigenvalue weighted by Crippen LogP contribution is -2.23. The lowest BCUT2D eigenvalue weighted by molar-refractivity contribution is -0.121. The summed E-state index contributed by atoms with van der Waals surface area (Å²) in [5.74, 6) is 0.882. The molecule has 1 aromatic rings. The summed E-state index contributed by atoms with van der Waals surface area (Å²) in [4.78, 5) is 12.8. The molecule has 0 saturated carbocycles. The summed E-state index contributed by atoms with van der Waals surface area (Å²) in [6.45, 7) is 2.87. The smallest absolute Gasteiger partial charge is 0.220 e. The van der Waals surface area contributed by atoms with E-state index in [1.165, 1.54) is 11.3 Å². The number of thiophene rings is 1. The molecule has 16 heavy (non-hydrogen) atoms. The first-order chi connectivity index (χ1) is 7.84. The predicted octanol–water partition coefficient (Wildman–Crippen LogP) is 1.75. The van der Waals surface area contributed by atoms with Gasteiger partial charge in [0.05, 0.1) is 6.54 Å². The van der Waals surface area contributed by atoms with Gasteiger partial charge in [-0.15, -0.1) is 11.3 Å². The summed E-state index contributed by atoms with van der Waals surface area (Å²) >= 11 is 1.68. The summed E-state index contributed by atoms with van der Waals surface area (Å²) in [5.41, 5.74) is 0. The van der Waals surface area contributed by atoms with Crippen molar-refractivity contribution in [3.8, 4) is 0 Å². The van der Waals surface area contributed by atoms with E-state index in [1.54, 1.807) is 11.3 Å². The van der Waals surface area contributed by atoms with Crippen LogP contribution in [0.25, 0.3) is 0 Å². The molecular formula is C12H18N2OS. The predicted molar refractivity (Wildman–Crippen MR) is 66.4 cm³/mol. The highest BCUT2D eigenvalue weighted by Gasteiger charge is 2.15. The van der Waals surface area contributed by atoms with Crippen LogP contribution in [0.1, 0.15) is 24.1 Å². The average molecular weight is 238 g/mol. The van der Waals surface area contributed by atoms with Crippen LogP contribution in [0.4, 0.5) is 0 Å². The molecule has 1 fully saturated rings. The van der Waals surface area contributed by atoms with E-state index < -0.39 is 0 Å². The van der Waals surface area contributed by atoms with Crippen molar-refractivity contribution >= 4 is 17.2 Å². The van der Waals surface area contributed by atoms with Gasteiger partial charge in [-0.2, -0.15) is 0 Å². The zero-order valence-electron chi connectivity index (χ0n) is 9.37. The fourth-order valence-corrected chi connectivity index (χ4v) is 2.63. The Kier molecular flexibility index (Phi) is 4.36. The molecule has 0 aliphatic carbocycles. The molecule has 2 heterocycles. The first-order valence-corrected chi connectivity index (χ1v) is 6.72. The molecule has 88 valence electrons. The standard InChI is InChI=1S/C12H18N2OS/c15-12(4-3-10-5-6-13-8-10)14-9-11-2-1-7-16-11/h1-2,7,10,13H,3-6,8-9H2,(H,14,15). The Balaban J connectivity index is 1.60. The molecular weight excluding hydrogens is 220 g/mol. The molecule has 1 unspecified atom stereocenters. The van der Waals surface area contributed by atoms with Crippen molar-refractivity contribution in [2.24, 2.45) is 5.92 Å². The van der Waals surface area contributed by atoms with E-state index in [1.807, 2.05) is 17.5 Å². The minimum absolute atomic E-state index is 0.181. The normalized spacial score (nSPS) is 19.9. The van der Waals surface area contributed by atoms with Crippen molar-refractivity contribution in [2.75, 3.05) is 13.1 Å². The fourth-order valence-electron chi connectivity index (χ4n) is 1.98. The molecule has 0 radical (unpaired) electrons. The lowest BCUT2D eigenvalue weighted by Gasteiger charge is -2.07. The molecule has 0 aromatic carbocycles. The first-order valence-electron chi connectivity index (χ1n) is 5.84. The van der Waals surface area contributed by atoms with E-state index in [2.05, 4.69) is 10.6 Å².